The summed E-state index contributed by atoms with van der Waals surface area (Å²) in [4.78, 5) is 16.2. The molecule has 0 bridgehead atoms. The van der Waals surface area contributed by atoms with Crippen LogP contribution in [0.25, 0.3) is 0 Å². The Bertz CT molecular complexity index is 544. The zero-order chi connectivity index (χ0) is 15.9. The number of carbonyl (C=O) groups excluding carboxylic acids is 1. The minimum absolute atomic E-state index is 0.209. The number of hydrogen-bond donors (Lipinski definition) is 0. The molecule has 0 aliphatic carbocycles. The lowest BCUT2D eigenvalue weighted by atomic mass is 10.0. The second-order valence-corrected chi connectivity index (χ2v) is 7.41. The highest BCUT2D eigenvalue weighted by atomic mass is 35.5. The van der Waals surface area contributed by atoms with Crippen molar-refractivity contribution < 1.29 is 9.53 Å². The average molecular weight is 325 g/mol. The molecule has 6 nitrogen and oxygen atoms in total. The van der Waals surface area contributed by atoms with Crippen LogP contribution in [0.3, 0.4) is 0 Å². The van der Waals surface area contributed by atoms with Crippen molar-refractivity contribution in [3.05, 3.63) is 17.3 Å². The molecule has 7 heteroatoms. The molecule has 0 N–H and O–H groups in total. The summed E-state index contributed by atoms with van der Waals surface area (Å²) in [6.45, 7) is 8.95. The van der Waals surface area contributed by atoms with Crippen LogP contribution < -0.4 is 4.90 Å². The first kappa shape index (κ1) is 15.3. The maximum absolute atomic E-state index is 12.1. The topological polar surface area (TPSA) is 58.6 Å². The molecule has 2 saturated heterocycles. The van der Waals surface area contributed by atoms with Crippen LogP contribution in [0.5, 0.6) is 0 Å². The van der Waals surface area contributed by atoms with Crippen molar-refractivity contribution >= 4 is 23.5 Å². The minimum Gasteiger partial charge on any atom is -0.444 e. The van der Waals surface area contributed by atoms with Gasteiger partial charge in [0.05, 0.1) is 0 Å². The van der Waals surface area contributed by atoms with Crippen molar-refractivity contribution in [2.75, 3.05) is 31.1 Å². The standard InChI is InChI=1S/C15H21ClN4O2/c1-15(2,3)22-14(21)20-8-10-6-19(7-11(10)9-20)13-5-4-12(16)17-18-13/h4-5,10-11H,6-9H2,1-3H3/t10-,11-/m0/s1. The number of likely N-dealkylation sites (tertiary alicyclic amines) is 1. The highest BCUT2D eigenvalue weighted by Crippen LogP contribution is 2.33. The van der Waals surface area contributed by atoms with Gasteiger partial charge in [0.25, 0.3) is 0 Å². The van der Waals surface area contributed by atoms with Crippen molar-refractivity contribution in [3.63, 3.8) is 0 Å². The van der Waals surface area contributed by atoms with Crippen molar-refractivity contribution in [3.8, 4) is 0 Å². The molecule has 0 unspecified atom stereocenters. The summed E-state index contributed by atoms with van der Waals surface area (Å²) in [6, 6.07) is 3.65. The molecule has 0 spiro atoms. The molecule has 3 heterocycles. The van der Waals surface area contributed by atoms with E-state index < -0.39 is 5.60 Å². The summed E-state index contributed by atoms with van der Waals surface area (Å²) in [5, 5.41) is 8.42. The van der Waals surface area contributed by atoms with E-state index in [9.17, 15) is 4.79 Å². The second-order valence-electron chi connectivity index (χ2n) is 7.02. The van der Waals surface area contributed by atoms with Crippen LogP contribution in [-0.2, 0) is 4.74 Å². The van der Waals surface area contributed by atoms with Crippen LogP contribution >= 0.6 is 11.6 Å². The third kappa shape index (κ3) is 3.27. The van der Waals surface area contributed by atoms with Gasteiger partial charge in [-0.1, -0.05) is 11.6 Å². The molecular weight excluding hydrogens is 304 g/mol. The predicted octanol–water partition coefficient (Wildman–Crippen LogP) is 2.43. The molecule has 120 valence electrons. The first-order chi connectivity index (χ1) is 10.3. The molecule has 1 aromatic heterocycles. The molecule has 1 aromatic rings. The number of hydrogen-bond acceptors (Lipinski definition) is 5. The van der Waals surface area contributed by atoms with E-state index >= 15 is 0 Å². The van der Waals surface area contributed by atoms with E-state index in [4.69, 9.17) is 16.3 Å². The van der Waals surface area contributed by atoms with Crippen molar-refractivity contribution in [1.29, 1.82) is 0 Å². The maximum Gasteiger partial charge on any atom is 0.410 e. The Hall–Kier alpha value is -1.56. The minimum atomic E-state index is -0.445. The van der Waals surface area contributed by atoms with E-state index in [1.165, 1.54) is 0 Å². The molecule has 1 amide bonds. The SMILES string of the molecule is CC(C)(C)OC(=O)N1C[C@@H]2CN(c3ccc(Cl)nn3)C[C@H]2C1. The Balaban J connectivity index is 1.58. The number of anilines is 1. The van der Waals surface area contributed by atoms with E-state index in [0.29, 0.717) is 17.0 Å². The first-order valence-electron chi connectivity index (χ1n) is 7.54. The molecule has 2 atom stereocenters. The van der Waals surface area contributed by atoms with Gasteiger partial charge in [0, 0.05) is 38.0 Å². The smallest absolute Gasteiger partial charge is 0.410 e. The quantitative estimate of drug-likeness (QED) is 0.794. The van der Waals surface area contributed by atoms with Gasteiger partial charge < -0.3 is 14.5 Å². The lowest BCUT2D eigenvalue weighted by Crippen LogP contribution is -2.37. The van der Waals surface area contributed by atoms with Crippen molar-refractivity contribution in [2.24, 2.45) is 11.8 Å². The van der Waals surface area contributed by atoms with E-state index in [1.807, 2.05) is 31.7 Å². The zero-order valence-electron chi connectivity index (χ0n) is 13.1. The average Bonchev–Trinajstić information content (AvgIpc) is 2.95. The van der Waals surface area contributed by atoms with Crippen molar-refractivity contribution in [1.82, 2.24) is 15.1 Å². The summed E-state index contributed by atoms with van der Waals surface area (Å²) in [5.74, 6) is 1.78. The van der Waals surface area contributed by atoms with Crippen LogP contribution in [0.15, 0.2) is 12.1 Å². The number of ether oxygens (including phenoxy) is 1. The molecule has 2 aliphatic rings. The van der Waals surface area contributed by atoms with Gasteiger partial charge in [-0.25, -0.2) is 4.79 Å². The summed E-state index contributed by atoms with van der Waals surface area (Å²) in [6.07, 6.45) is -0.209. The molecule has 22 heavy (non-hydrogen) atoms. The number of aromatic nitrogens is 2. The maximum atomic E-state index is 12.1. The fraction of sp³-hybridized carbons (Fsp3) is 0.667. The number of carbonyl (C=O) groups is 1. The van der Waals surface area contributed by atoms with Gasteiger partial charge in [0.1, 0.15) is 5.60 Å². The van der Waals surface area contributed by atoms with Gasteiger partial charge in [0.2, 0.25) is 0 Å². The third-order valence-corrected chi connectivity index (χ3v) is 4.28. The molecule has 2 aliphatic heterocycles. The lowest BCUT2D eigenvalue weighted by Gasteiger charge is -2.26. The third-order valence-electron chi connectivity index (χ3n) is 4.08. The highest BCUT2D eigenvalue weighted by Gasteiger charge is 2.43. The molecule has 0 radical (unpaired) electrons. The number of fused-ring (bicyclic) bond motifs is 1. The van der Waals surface area contributed by atoms with Gasteiger partial charge >= 0.3 is 6.09 Å². The Labute approximate surface area is 135 Å². The van der Waals surface area contributed by atoms with E-state index in [-0.39, 0.29) is 6.09 Å². The number of amides is 1. The number of halogens is 1. The van der Waals surface area contributed by atoms with Crippen LogP contribution in [-0.4, -0.2) is 53.0 Å². The van der Waals surface area contributed by atoms with Crippen LogP contribution in [0.2, 0.25) is 5.15 Å². The summed E-state index contributed by atoms with van der Waals surface area (Å²) in [7, 11) is 0. The molecule has 2 fully saturated rings. The number of rotatable bonds is 1. The Morgan fingerprint density at radius 2 is 1.82 bits per heavy atom. The Morgan fingerprint density at radius 3 is 2.32 bits per heavy atom. The van der Waals surface area contributed by atoms with Gasteiger partial charge in [-0.2, -0.15) is 0 Å². The molecular formula is C15H21ClN4O2. The largest absolute Gasteiger partial charge is 0.444 e. The van der Waals surface area contributed by atoms with Gasteiger partial charge in [-0.15, -0.1) is 10.2 Å². The summed E-state index contributed by atoms with van der Waals surface area (Å²) < 4.78 is 5.45. The molecule has 0 saturated carbocycles. The second kappa shape index (κ2) is 5.57. The first-order valence-corrected chi connectivity index (χ1v) is 7.92. The highest BCUT2D eigenvalue weighted by molar-refractivity contribution is 6.29. The van der Waals surface area contributed by atoms with Crippen LogP contribution in [0, 0.1) is 11.8 Å². The van der Waals surface area contributed by atoms with Crippen molar-refractivity contribution in [2.45, 2.75) is 26.4 Å². The van der Waals surface area contributed by atoms with E-state index in [2.05, 4.69) is 15.1 Å². The van der Waals surface area contributed by atoms with Gasteiger partial charge in [-0.05, 0) is 32.9 Å². The summed E-state index contributed by atoms with van der Waals surface area (Å²) in [5.41, 5.74) is -0.445. The van der Waals surface area contributed by atoms with E-state index in [0.717, 1.165) is 32.0 Å². The molecule has 3 rings (SSSR count). The zero-order valence-corrected chi connectivity index (χ0v) is 13.9. The lowest BCUT2D eigenvalue weighted by molar-refractivity contribution is 0.0282. The van der Waals surface area contributed by atoms with Crippen LogP contribution in [0.4, 0.5) is 10.6 Å². The fourth-order valence-corrected chi connectivity index (χ4v) is 3.23. The monoisotopic (exact) mass is 324 g/mol. The molecule has 0 aromatic carbocycles. The normalized spacial score (nSPS) is 24.5. The summed E-state index contributed by atoms with van der Waals surface area (Å²) >= 11 is 5.77. The van der Waals surface area contributed by atoms with Gasteiger partial charge in [-0.3, -0.25) is 0 Å². The Kier molecular flexibility index (Phi) is 3.89. The predicted molar refractivity (Wildman–Crippen MR) is 84.0 cm³/mol. The fourth-order valence-electron chi connectivity index (χ4n) is 3.13. The van der Waals surface area contributed by atoms with E-state index in [1.54, 1.807) is 6.07 Å². The van der Waals surface area contributed by atoms with Crippen LogP contribution in [0.1, 0.15) is 20.8 Å². The Morgan fingerprint density at radius 1 is 1.18 bits per heavy atom. The van der Waals surface area contributed by atoms with Gasteiger partial charge in [0.15, 0.2) is 11.0 Å². The number of nitrogens with zero attached hydrogens (tertiary/aromatic N) is 4.